The molecule has 0 aliphatic rings. The Balaban J connectivity index is 2.11. The van der Waals surface area contributed by atoms with Gasteiger partial charge in [0.1, 0.15) is 0 Å². The number of nitrogens with two attached hydrogens (primary N) is 1. The molecule has 0 bridgehead atoms. The Kier molecular flexibility index (Phi) is 4.45. The SMILES string of the molecule is Cc1ccc(CN(C)C(=O)c2ccc(N)c(Br)c2)cc1. The first kappa shape index (κ1) is 14.6. The van der Waals surface area contributed by atoms with E-state index < -0.39 is 0 Å². The summed E-state index contributed by atoms with van der Waals surface area (Å²) in [5.74, 6) is -0.0220. The second kappa shape index (κ2) is 6.09. The average Bonchev–Trinajstić information content (AvgIpc) is 2.43. The minimum absolute atomic E-state index is 0.0220. The van der Waals surface area contributed by atoms with E-state index in [9.17, 15) is 4.79 Å². The quantitative estimate of drug-likeness (QED) is 0.872. The van der Waals surface area contributed by atoms with Crippen molar-refractivity contribution in [2.75, 3.05) is 12.8 Å². The Labute approximate surface area is 127 Å². The van der Waals surface area contributed by atoms with Crippen LogP contribution in [0.3, 0.4) is 0 Å². The molecule has 3 nitrogen and oxygen atoms in total. The second-order valence-electron chi connectivity index (χ2n) is 4.88. The first-order chi connectivity index (χ1) is 9.47. The molecule has 0 spiro atoms. The Bertz CT molecular complexity index is 623. The zero-order valence-electron chi connectivity index (χ0n) is 11.6. The van der Waals surface area contributed by atoms with Gasteiger partial charge in [-0.15, -0.1) is 0 Å². The highest BCUT2D eigenvalue weighted by Gasteiger charge is 2.13. The number of hydrogen-bond donors (Lipinski definition) is 1. The number of amides is 1. The molecule has 0 atom stereocenters. The molecule has 0 aliphatic heterocycles. The summed E-state index contributed by atoms with van der Waals surface area (Å²) in [5, 5.41) is 0. The van der Waals surface area contributed by atoms with Crippen LogP contribution >= 0.6 is 15.9 Å². The summed E-state index contributed by atoms with van der Waals surface area (Å²) in [7, 11) is 1.80. The fourth-order valence-electron chi connectivity index (χ4n) is 1.92. The number of anilines is 1. The highest BCUT2D eigenvalue weighted by atomic mass is 79.9. The minimum atomic E-state index is -0.0220. The number of nitrogen functional groups attached to an aromatic ring is 1. The van der Waals surface area contributed by atoms with Gasteiger partial charge in [0.25, 0.3) is 5.91 Å². The van der Waals surface area contributed by atoms with E-state index >= 15 is 0 Å². The third-order valence-electron chi connectivity index (χ3n) is 3.13. The summed E-state index contributed by atoms with van der Waals surface area (Å²) in [6.45, 7) is 2.63. The van der Waals surface area contributed by atoms with E-state index in [1.165, 1.54) is 5.56 Å². The Morgan fingerprint density at radius 1 is 1.20 bits per heavy atom. The predicted octanol–water partition coefficient (Wildman–Crippen LogP) is 3.61. The lowest BCUT2D eigenvalue weighted by Gasteiger charge is -2.18. The van der Waals surface area contributed by atoms with Crippen LogP contribution in [0.4, 0.5) is 5.69 Å². The maximum absolute atomic E-state index is 12.3. The summed E-state index contributed by atoms with van der Waals surface area (Å²) < 4.78 is 0.743. The van der Waals surface area contributed by atoms with E-state index in [1.54, 1.807) is 30.1 Å². The number of halogens is 1. The van der Waals surface area contributed by atoms with Gasteiger partial charge in [-0.05, 0) is 46.6 Å². The van der Waals surface area contributed by atoms with Crippen molar-refractivity contribution in [1.29, 1.82) is 0 Å². The molecule has 104 valence electrons. The first-order valence-electron chi connectivity index (χ1n) is 6.33. The van der Waals surface area contributed by atoms with Gasteiger partial charge in [0.05, 0.1) is 0 Å². The van der Waals surface area contributed by atoms with Gasteiger partial charge in [0.2, 0.25) is 0 Å². The number of carbonyl (C=O) groups excluding carboxylic acids is 1. The van der Waals surface area contributed by atoms with Gasteiger partial charge in [0.15, 0.2) is 0 Å². The van der Waals surface area contributed by atoms with E-state index in [2.05, 4.69) is 15.9 Å². The van der Waals surface area contributed by atoms with E-state index in [1.807, 2.05) is 31.2 Å². The van der Waals surface area contributed by atoms with Crippen molar-refractivity contribution in [3.63, 3.8) is 0 Å². The highest BCUT2D eigenvalue weighted by Crippen LogP contribution is 2.21. The van der Waals surface area contributed by atoms with Crippen molar-refractivity contribution in [3.05, 3.63) is 63.6 Å². The summed E-state index contributed by atoms with van der Waals surface area (Å²) in [4.78, 5) is 14.0. The maximum atomic E-state index is 12.3. The molecule has 0 unspecified atom stereocenters. The van der Waals surface area contributed by atoms with Crippen molar-refractivity contribution in [2.24, 2.45) is 0 Å². The Hall–Kier alpha value is -1.81. The molecule has 20 heavy (non-hydrogen) atoms. The van der Waals surface area contributed by atoms with Crippen molar-refractivity contribution < 1.29 is 4.79 Å². The number of carbonyl (C=O) groups is 1. The molecule has 0 saturated heterocycles. The summed E-state index contributed by atoms with van der Waals surface area (Å²) in [5.41, 5.74) is 9.31. The standard InChI is InChI=1S/C16H17BrN2O/c1-11-3-5-12(6-4-11)10-19(2)16(20)13-7-8-15(18)14(17)9-13/h3-9H,10,18H2,1-2H3. The summed E-state index contributed by atoms with van der Waals surface area (Å²) in [6, 6.07) is 13.4. The molecule has 2 N–H and O–H groups in total. The van der Waals surface area contributed by atoms with Gasteiger partial charge >= 0.3 is 0 Å². The molecule has 0 aliphatic carbocycles. The van der Waals surface area contributed by atoms with Gasteiger partial charge in [-0.25, -0.2) is 0 Å². The summed E-state index contributed by atoms with van der Waals surface area (Å²) >= 11 is 3.34. The molecular weight excluding hydrogens is 316 g/mol. The van der Waals surface area contributed by atoms with E-state index in [0.717, 1.165) is 10.0 Å². The van der Waals surface area contributed by atoms with Crippen LogP contribution in [0, 0.1) is 6.92 Å². The van der Waals surface area contributed by atoms with Crippen LogP contribution in [0.25, 0.3) is 0 Å². The van der Waals surface area contributed by atoms with Crippen LogP contribution in [-0.4, -0.2) is 17.9 Å². The third-order valence-corrected chi connectivity index (χ3v) is 3.82. The van der Waals surface area contributed by atoms with Crippen LogP contribution in [0.15, 0.2) is 46.9 Å². The number of rotatable bonds is 3. The van der Waals surface area contributed by atoms with Gasteiger partial charge in [-0.1, -0.05) is 29.8 Å². The van der Waals surface area contributed by atoms with Gasteiger partial charge in [0, 0.05) is 29.3 Å². The van der Waals surface area contributed by atoms with Gasteiger partial charge < -0.3 is 10.6 Å². The molecule has 2 aromatic carbocycles. The lowest BCUT2D eigenvalue weighted by Crippen LogP contribution is -2.26. The smallest absolute Gasteiger partial charge is 0.253 e. The van der Waals surface area contributed by atoms with Crippen LogP contribution in [0.5, 0.6) is 0 Å². The fraction of sp³-hybridized carbons (Fsp3) is 0.188. The fourth-order valence-corrected chi connectivity index (χ4v) is 2.30. The Morgan fingerprint density at radius 2 is 1.85 bits per heavy atom. The highest BCUT2D eigenvalue weighted by molar-refractivity contribution is 9.10. The Morgan fingerprint density at radius 3 is 2.45 bits per heavy atom. The monoisotopic (exact) mass is 332 g/mol. The third kappa shape index (κ3) is 3.39. The number of hydrogen-bond acceptors (Lipinski definition) is 2. The number of nitrogens with zero attached hydrogens (tertiary/aromatic N) is 1. The normalized spacial score (nSPS) is 10.3. The molecular formula is C16H17BrN2O. The van der Waals surface area contributed by atoms with Gasteiger partial charge in [-0.3, -0.25) is 4.79 Å². The lowest BCUT2D eigenvalue weighted by molar-refractivity contribution is 0.0785. The van der Waals surface area contributed by atoms with Crippen LogP contribution in [-0.2, 0) is 6.54 Å². The van der Waals surface area contributed by atoms with Crippen LogP contribution in [0.1, 0.15) is 21.5 Å². The van der Waals surface area contributed by atoms with E-state index in [4.69, 9.17) is 5.73 Å². The largest absolute Gasteiger partial charge is 0.398 e. The number of aryl methyl sites for hydroxylation is 1. The zero-order chi connectivity index (χ0) is 14.7. The van der Waals surface area contributed by atoms with Crippen molar-refractivity contribution in [1.82, 2.24) is 4.90 Å². The van der Waals surface area contributed by atoms with Crippen LogP contribution in [0.2, 0.25) is 0 Å². The molecule has 0 saturated carbocycles. The van der Waals surface area contributed by atoms with Crippen molar-refractivity contribution in [3.8, 4) is 0 Å². The second-order valence-corrected chi connectivity index (χ2v) is 5.74. The van der Waals surface area contributed by atoms with Gasteiger partial charge in [-0.2, -0.15) is 0 Å². The molecule has 2 aromatic rings. The lowest BCUT2D eigenvalue weighted by atomic mass is 10.1. The maximum Gasteiger partial charge on any atom is 0.253 e. The van der Waals surface area contributed by atoms with E-state index in [-0.39, 0.29) is 5.91 Å². The van der Waals surface area contributed by atoms with Crippen LogP contribution < -0.4 is 5.73 Å². The molecule has 0 aromatic heterocycles. The molecule has 4 heteroatoms. The van der Waals surface area contributed by atoms with E-state index in [0.29, 0.717) is 17.8 Å². The topological polar surface area (TPSA) is 46.3 Å². The van der Waals surface area contributed by atoms with Crippen molar-refractivity contribution >= 4 is 27.5 Å². The molecule has 0 heterocycles. The molecule has 0 fully saturated rings. The summed E-state index contributed by atoms with van der Waals surface area (Å²) in [6.07, 6.45) is 0. The molecule has 2 rings (SSSR count). The first-order valence-corrected chi connectivity index (χ1v) is 7.12. The van der Waals surface area contributed by atoms with Crippen molar-refractivity contribution in [2.45, 2.75) is 13.5 Å². The molecule has 0 radical (unpaired) electrons. The minimum Gasteiger partial charge on any atom is -0.398 e. The molecule has 1 amide bonds. The predicted molar refractivity (Wildman–Crippen MR) is 85.5 cm³/mol. The number of benzene rings is 2. The average molecular weight is 333 g/mol. The zero-order valence-corrected chi connectivity index (χ0v) is 13.1.